The third-order valence-corrected chi connectivity index (χ3v) is 5.59. The molecule has 5 nitrogen and oxygen atoms in total. The Kier molecular flexibility index (Phi) is 7.23. The number of hydrogen-bond acceptors (Lipinski definition) is 5. The van der Waals surface area contributed by atoms with Gasteiger partial charge in [-0.05, 0) is 77.8 Å². The van der Waals surface area contributed by atoms with Crippen molar-refractivity contribution in [1.82, 2.24) is 4.98 Å². The molecule has 30 heavy (non-hydrogen) atoms. The molecule has 0 atom stereocenters. The first kappa shape index (κ1) is 22.0. The van der Waals surface area contributed by atoms with Crippen molar-refractivity contribution in [2.75, 3.05) is 19.0 Å². The van der Waals surface area contributed by atoms with Crippen molar-refractivity contribution in [2.24, 2.45) is 0 Å². The van der Waals surface area contributed by atoms with E-state index < -0.39 is 0 Å². The molecular weight excluding hydrogens is 471 g/mol. The summed E-state index contributed by atoms with van der Waals surface area (Å²) in [4.78, 5) is 17.7. The van der Waals surface area contributed by atoms with Crippen LogP contribution >= 0.6 is 27.3 Å². The van der Waals surface area contributed by atoms with Gasteiger partial charge in [0.05, 0.1) is 23.9 Å². The Morgan fingerprint density at radius 3 is 2.70 bits per heavy atom. The Labute approximate surface area is 186 Å². The Morgan fingerprint density at radius 2 is 2.03 bits per heavy atom. The van der Waals surface area contributed by atoms with Crippen molar-refractivity contribution >= 4 is 44.4 Å². The second-order valence-corrected chi connectivity index (χ2v) is 8.28. The number of rotatable bonds is 7. The number of nitrogens with zero attached hydrogens (tertiary/aromatic N) is 1. The van der Waals surface area contributed by atoms with Crippen LogP contribution in [0.3, 0.4) is 0 Å². The van der Waals surface area contributed by atoms with Crippen LogP contribution in [0.2, 0.25) is 0 Å². The van der Waals surface area contributed by atoms with E-state index >= 15 is 0 Å². The largest absolute Gasteiger partial charge is 0.493 e. The molecule has 0 aliphatic rings. The second-order valence-electron chi connectivity index (χ2n) is 6.22. The van der Waals surface area contributed by atoms with E-state index in [0.717, 1.165) is 26.2 Å². The van der Waals surface area contributed by atoms with Gasteiger partial charge in [-0.15, -0.1) is 11.3 Å². The lowest BCUT2D eigenvalue weighted by Crippen LogP contribution is -2.07. The first-order valence-corrected chi connectivity index (χ1v) is 10.7. The molecule has 0 spiro atoms. The fourth-order valence-electron chi connectivity index (χ4n) is 2.76. The van der Waals surface area contributed by atoms with E-state index in [1.54, 1.807) is 31.4 Å². The molecule has 156 valence electrons. The Balaban J connectivity index is 1.73. The van der Waals surface area contributed by atoms with Crippen molar-refractivity contribution in [3.63, 3.8) is 0 Å². The van der Waals surface area contributed by atoms with Crippen molar-refractivity contribution in [2.45, 2.75) is 13.8 Å². The molecule has 3 rings (SSSR count). The van der Waals surface area contributed by atoms with Crippen molar-refractivity contribution in [1.29, 1.82) is 0 Å². The van der Waals surface area contributed by atoms with Crippen LogP contribution in [0.15, 0.2) is 46.9 Å². The van der Waals surface area contributed by atoms with Crippen LogP contribution in [0.1, 0.15) is 17.4 Å². The molecule has 3 aromatic rings. The summed E-state index contributed by atoms with van der Waals surface area (Å²) in [7, 11) is 1.56. The molecule has 2 aromatic carbocycles. The Morgan fingerprint density at radius 1 is 1.30 bits per heavy atom. The van der Waals surface area contributed by atoms with Crippen LogP contribution in [0.25, 0.3) is 17.3 Å². The maximum absolute atomic E-state index is 13.1. The second kappa shape index (κ2) is 9.86. The zero-order valence-corrected chi connectivity index (χ0v) is 19.1. The standard InChI is InChI=1S/C22H20BrFN2O3S/c1-4-29-21-17(23)11-14(12-18(21)28-3)5-10-19(27)25-22-26-20(13(2)30-22)15-6-8-16(24)9-7-15/h5-12H,4H2,1-3H3,(H,25,26,27)/b10-5+. The molecule has 0 aliphatic carbocycles. The van der Waals surface area contributed by atoms with Crippen molar-refractivity contribution < 1.29 is 18.7 Å². The zero-order chi connectivity index (χ0) is 21.7. The van der Waals surface area contributed by atoms with Gasteiger partial charge in [-0.25, -0.2) is 9.37 Å². The number of benzene rings is 2. The van der Waals surface area contributed by atoms with E-state index in [0.29, 0.717) is 23.2 Å². The third-order valence-electron chi connectivity index (χ3n) is 4.11. The summed E-state index contributed by atoms with van der Waals surface area (Å²) in [6, 6.07) is 9.74. The summed E-state index contributed by atoms with van der Waals surface area (Å²) in [6.07, 6.45) is 3.11. The van der Waals surface area contributed by atoms with Crippen LogP contribution in [0.4, 0.5) is 9.52 Å². The highest BCUT2D eigenvalue weighted by Crippen LogP contribution is 2.37. The summed E-state index contributed by atoms with van der Waals surface area (Å²) in [6.45, 7) is 4.32. The van der Waals surface area contributed by atoms with Crippen molar-refractivity contribution in [3.05, 3.63) is 63.2 Å². The van der Waals surface area contributed by atoms with E-state index in [-0.39, 0.29) is 11.7 Å². The lowest BCUT2D eigenvalue weighted by Gasteiger charge is -2.12. The summed E-state index contributed by atoms with van der Waals surface area (Å²) >= 11 is 4.83. The number of nitrogens with one attached hydrogen (secondary N) is 1. The number of carbonyl (C=O) groups excluding carboxylic acids is 1. The highest BCUT2D eigenvalue weighted by atomic mass is 79.9. The third kappa shape index (κ3) is 5.25. The predicted octanol–water partition coefficient (Wildman–Crippen LogP) is 6.08. The first-order chi connectivity index (χ1) is 14.4. The zero-order valence-electron chi connectivity index (χ0n) is 16.7. The van der Waals surface area contributed by atoms with Gasteiger partial charge in [-0.3, -0.25) is 10.1 Å². The molecular formula is C22H20BrFN2O3S. The topological polar surface area (TPSA) is 60.5 Å². The van der Waals surface area contributed by atoms with E-state index in [2.05, 4.69) is 26.2 Å². The van der Waals surface area contributed by atoms with Gasteiger partial charge < -0.3 is 9.47 Å². The van der Waals surface area contributed by atoms with Gasteiger partial charge in [-0.1, -0.05) is 0 Å². The summed E-state index contributed by atoms with van der Waals surface area (Å²) < 4.78 is 24.8. The molecule has 0 unspecified atom stereocenters. The number of methoxy groups -OCH3 is 1. The molecule has 0 saturated carbocycles. The maximum Gasteiger partial charge on any atom is 0.250 e. The van der Waals surface area contributed by atoms with Gasteiger partial charge in [0.1, 0.15) is 5.82 Å². The van der Waals surface area contributed by atoms with E-state index in [1.807, 2.05) is 19.9 Å². The number of halogens is 2. The Bertz CT molecular complexity index is 1080. The minimum atomic E-state index is -0.307. The summed E-state index contributed by atoms with van der Waals surface area (Å²) in [5, 5.41) is 3.25. The van der Waals surface area contributed by atoms with Gasteiger partial charge in [0.15, 0.2) is 16.6 Å². The SMILES string of the molecule is CCOc1c(Br)cc(/C=C/C(=O)Nc2nc(-c3ccc(F)cc3)c(C)s2)cc1OC. The van der Waals surface area contributed by atoms with Crippen LogP contribution in [0.5, 0.6) is 11.5 Å². The van der Waals surface area contributed by atoms with Crippen LogP contribution in [-0.4, -0.2) is 24.6 Å². The minimum absolute atomic E-state index is 0.303. The fourth-order valence-corrected chi connectivity index (χ4v) is 4.18. The molecule has 0 aliphatic heterocycles. The molecule has 0 fully saturated rings. The highest BCUT2D eigenvalue weighted by molar-refractivity contribution is 9.10. The number of aromatic nitrogens is 1. The van der Waals surface area contributed by atoms with Crippen LogP contribution < -0.4 is 14.8 Å². The van der Waals surface area contributed by atoms with Gasteiger partial charge in [0.2, 0.25) is 5.91 Å². The average Bonchev–Trinajstić information content (AvgIpc) is 3.08. The predicted molar refractivity (Wildman–Crippen MR) is 122 cm³/mol. The molecule has 1 heterocycles. The average molecular weight is 491 g/mol. The summed E-state index contributed by atoms with van der Waals surface area (Å²) in [5.74, 6) is 0.584. The molecule has 8 heteroatoms. The highest BCUT2D eigenvalue weighted by Gasteiger charge is 2.12. The first-order valence-electron chi connectivity index (χ1n) is 9.14. The van der Waals surface area contributed by atoms with Gasteiger partial charge in [0.25, 0.3) is 0 Å². The van der Waals surface area contributed by atoms with Crippen molar-refractivity contribution in [3.8, 4) is 22.8 Å². The molecule has 1 aromatic heterocycles. The number of ether oxygens (including phenoxy) is 2. The fraction of sp³-hybridized carbons (Fsp3) is 0.182. The minimum Gasteiger partial charge on any atom is -0.493 e. The molecule has 1 N–H and O–H groups in total. The van der Waals surface area contributed by atoms with Crippen LogP contribution in [0, 0.1) is 12.7 Å². The lowest BCUT2D eigenvalue weighted by atomic mass is 10.1. The number of hydrogen-bond donors (Lipinski definition) is 1. The monoisotopic (exact) mass is 490 g/mol. The summed E-state index contributed by atoms with van der Waals surface area (Å²) in [5.41, 5.74) is 2.30. The van der Waals surface area contributed by atoms with Gasteiger partial charge in [-0.2, -0.15) is 0 Å². The molecule has 0 radical (unpaired) electrons. The van der Waals surface area contributed by atoms with Crippen LogP contribution in [-0.2, 0) is 4.79 Å². The lowest BCUT2D eigenvalue weighted by molar-refractivity contribution is -0.111. The normalized spacial score (nSPS) is 11.0. The molecule has 1 amide bonds. The Hall–Kier alpha value is -2.71. The number of thiazole rings is 1. The number of anilines is 1. The van der Waals surface area contributed by atoms with E-state index in [1.165, 1.54) is 29.5 Å². The van der Waals surface area contributed by atoms with Gasteiger partial charge in [0, 0.05) is 16.5 Å². The van der Waals surface area contributed by atoms with Gasteiger partial charge >= 0.3 is 0 Å². The van der Waals surface area contributed by atoms with E-state index in [9.17, 15) is 9.18 Å². The molecule has 0 bridgehead atoms. The van der Waals surface area contributed by atoms with E-state index in [4.69, 9.17) is 9.47 Å². The number of carbonyl (C=O) groups is 1. The quantitative estimate of drug-likeness (QED) is 0.407. The molecule has 0 saturated heterocycles. The number of amides is 1. The maximum atomic E-state index is 13.1. The number of aryl methyl sites for hydroxylation is 1. The smallest absolute Gasteiger partial charge is 0.250 e.